The Kier molecular flexibility index (Phi) is 8.53. The van der Waals surface area contributed by atoms with Crippen LogP contribution in [0, 0.1) is 0 Å². The topological polar surface area (TPSA) is 110 Å². The molecular formula is C27H34N4O5. The number of carbonyl (C=O) groups excluding carboxylic acids is 3. The zero-order valence-corrected chi connectivity index (χ0v) is 20.9. The maximum Gasteiger partial charge on any atom is 0.257 e. The molecule has 192 valence electrons. The number of aromatic nitrogens is 1. The van der Waals surface area contributed by atoms with E-state index in [0.29, 0.717) is 42.8 Å². The molecule has 0 aliphatic carbocycles. The first kappa shape index (κ1) is 25.6. The Balaban J connectivity index is 1.34. The van der Waals surface area contributed by atoms with Gasteiger partial charge in [-0.2, -0.15) is 0 Å². The summed E-state index contributed by atoms with van der Waals surface area (Å²) in [5.41, 5.74) is 2.11. The van der Waals surface area contributed by atoms with Crippen LogP contribution in [0.2, 0.25) is 0 Å². The van der Waals surface area contributed by atoms with Crippen LogP contribution in [0.25, 0.3) is 0 Å². The van der Waals surface area contributed by atoms with Crippen molar-refractivity contribution in [2.24, 2.45) is 0 Å². The fourth-order valence-electron chi connectivity index (χ4n) is 4.73. The van der Waals surface area contributed by atoms with Crippen molar-refractivity contribution >= 4 is 23.4 Å². The summed E-state index contributed by atoms with van der Waals surface area (Å²) in [7, 11) is 1.77. The minimum atomic E-state index is -0.334. The number of rotatable bonds is 8. The Bertz CT molecular complexity index is 1080. The highest BCUT2D eigenvalue weighted by Crippen LogP contribution is 2.32. The van der Waals surface area contributed by atoms with Crippen molar-refractivity contribution in [1.29, 1.82) is 0 Å². The average molecular weight is 495 g/mol. The highest BCUT2D eigenvalue weighted by atomic mass is 16.5. The number of hydrogen-bond donors (Lipinski definition) is 2. The zero-order valence-electron chi connectivity index (χ0n) is 20.9. The molecule has 1 fully saturated rings. The van der Waals surface area contributed by atoms with Crippen LogP contribution in [0.5, 0.6) is 5.75 Å². The van der Waals surface area contributed by atoms with E-state index >= 15 is 0 Å². The SMILES string of the molecule is CCCC(=O)Nc1ccc2c(c1)C(=O)N(C)[C@@H]1CC[C@@H](CC(=O)NCCc3ccncc3)O[C@@H]1CO2. The van der Waals surface area contributed by atoms with Gasteiger partial charge in [0.2, 0.25) is 11.8 Å². The molecule has 2 N–H and O–H groups in total. The van der Waals surface area contributed by atoms with Gasteiger partial charge in [0.25, 0.3) is 5.91 Å². The Morgan fingerprint density at radius 2 is 1.94 bits per heavy atom. The van der Waals surface area contributed by atoms with Crippen molar-refractivity contribution < 1.29 is 23.9 Å². The molecule has 1 aromatic carbocycles. The first-order valence-corrected chi connectivity index (χ1v) is 12.6. The molecule has 2 aliphatic rings. The van der Waals surface area contributed by atoms with E-state index in [1.54, 1.807) is 42.5 Å². The Hall–Kier alpha value is -3.46. The predicted molar refractivity (Wildman–Crippen MR) is 135 cm³/mol. The largest absolute Gasteiger partial charge is 0.490 e. The highest BCUT2D eigenvalue weighted by Gasteiger charge is 2.39. The lowest BCUT2D eigenvalue weighted by Crippen LogP contribution is -2.54. The summed E-state index contributed by atoms with van der Waals surface area (Å²) in [5, 5.41) is 5.80. The molecule has 0 unspecified atom stereocenters. The second-order valence-corrected chi connectivity index (χ2v) is 9.34. The normalized spacial score (nSPS) is 21.3. The summed E-state index contributed by atoms with van der Waals surface area (Å²) in [6.07, 6.45) is 6.50. The van der Waals surface area contributed by atoms with Crippen LogP contribution >= 0.6 is 0 Å². The number of anilines is 1. The molecule has 0 radical (unpaired) electrons. The molecule has 3 amide bonds. The monoisotopic (exact) mass is 494 g/mol. The van der Waals surface area contributed by atoms with Gasteiger partial charge in [-0.3, -0.25) is 19.4 Å². The van der Waals surface area contributed by atoms with Crippen molar-refractivity contribution in [1.82, 2.24) is 15.2 Å². The van der Waals surface area contributed by atoms with Crippen LogP contribution in [0.15, 0.2) is 42.7 Å². The van der Waals surface area contributed by atoms with Gasteiger partial charge in [-0.25, -0.2) is 0 Å². The lowest BCUT2D eigenvalue weighted by Gasteiger charge is -2.42. The molecule has 1 aromatic heterocycles. The van der Waals surface area contributed by atoms with E-state index in [-0.39, 0.29) is 49.0 Å². The summed E-state index contributed by atoms with van der Waals surface area (Å²) < 4.78 is 12.3. The molecule has 3 atom stereocenters. The third-order valence-electron chi connectivity index (χ3n) is 6.67. The molecule has 1 saturated heterocycles. The molecule has 0 bridgehead atoms. The Labute approximate surface area is 211 Å². The van der Waals surface area contributed by atoms with Crippen molar-refractivity contribution in [2.45, 2.75) is 63.7 Å². The lowest BCUT2D eigenvalue weighted by atomic mass is 9.94. The van der Waals surface area contributed by atoms with Crippen LogP contribution in [0.4, 0.5) is 5.69 Å². The number of ether oxygens (including phenoxy) is 2. The van der Waals surface area contributed by atoms with Crippen molar-refractivity contribution in [3.8, 4) is 5.75 Å². The number of carbonyl (C=O) groups is 3. The number of hydrogen-bond acceptors (Lipinski definition) is 6. The van der Waals surface area contributed by atoms with Gasteiger partial charge < -0.3 is 25.0 Å². The molecule has 36 heavy (non-hydrogen) atoms. The fourth-order valence-corrected chi connectivity index (χ4v) is 4.73. The molecule has 9 nitrogen and oxygen atoms in total. The molecule has 9 heteroatoms. The molecule has 2 aromatic rings. The average Bonchev–Trinajstić information content (AvgIpc) is 2.87. The van der Waals surface area contributed by atoms with E-state index in [0.717, 1.165) is 18.4 Å². The van der Waals surface area contributed by atoms with Gasteiger partial charge >= 0.3 is 0 Å². The number of benzene rings is 1. The van der Waals surface area contributed by atoms with Gasteiger partial charge in [0.1, 0.15) is 18.5 Å². The van der Waals surface area contributed by atoms with Crippen LogP contribution in [-0.2, 0) is 20.7 Å². The van der Waals surface area contributed by atoms with E-state index in [4.69, 9.17) is 9.47 Å². The molecule has 2 aliphatic heterocycles. The minimum Gasteiger partial charge on any atom is -0.490 e. The number of fused-ring (bicyclic) bond motifs is 2. The van der Waals surface area contributed by atoms with Crippen molar-refractivity contribution in [2.75, 3.05) is 25.5 Å². The van der Waals surface area contributed by atoms with Crippen molar-refractivity contribution in [3.05, 3.63) is 53.9 Å². The van der Waals surface area contributed by atoms with E-state index < -0.39 is 0 Å². The summed E-state index contributed by atoms with van der Waals surface area (Å²) >= 11 is 0. The molecule has 0 spiro atoms. The maximum atomic E-state index is 13.3. The summed E-state index contributed by atoms with van der Waals surface area (Å²) in [5.74, 6) is 0.144. The lowest BCUT2D eigenvalue weighted by molar-refractivity contribution is -0.134. The van der Waals surface area contributed by atoms with Gasteiger partial charge in [-0.15, -0.1) is 0 Å². The first-order chi connectivity index (χ1) is 17.4. The smallest absolute Gasteiger partial charge is 0.257 e. The standard InChI is InChI=1S/C27H34N4O5/c1-3-4-25(32)30-19-5-8-23-21(15-19)27(34)31(2)22-7-6-20(36-24(22)17-35-23)16-26(33)29-14-11-18-9-12-28-13-10-18/h5,8-10,12-13,15,20,22,24H,3-4,6-7,11,14,16-17H2,1-2H3,(H,29,33)(H,30,32)/t20-,22+,24+/m0/s1. The highest BCUT2D eigenvalue weighted by molar-refractivity contribution is 5.99. The van der Waals surface area contributed by atoms with Gasteiger partial charge in [-0.1, -0.05) is 6.92 Å². The molecule has 3 heterocycles. The van der Waals surface area contributed by atoms with E-state index in [1.807, 2.05) is 19.1 Å². The maximum absolute atomic E-state index is 13.3. The molecule has 0 saturated carbocycles. The van der Waals surface area contributed by atoms with Gasteiger partial charge in [-0.05, 0) is 61.6 Å². The molecule has 4 rings (SSSR count). The van der Waals surface area contributed by atoms with Crippen LogP contribution in [-0.4, -0.2) is 66.1 Å². The van der Waals surface area contributed by atoms with Gasteiger partial charge in [0, 0.05) is 38.1 Å². The number of pyridine rings is 1. The summed E-state index contributed by atoms with van der Waals surface area (Å²) in [6, 6.07) is 8.83. The fraction of sp³-hybridized carbons (Fsp3) is 0.481. The predicted octanol–water partition coefficient (Wildman–Crippen LogP) is 2.95. The van der Waals surface area contributed by atoms with Gasteiger partial charge in [0.05, 0.1) is 24.1 Å². The summed E-state index contributed by atoms with van der Waals surface area (Å²) in [4.78, 5) is 43.5. The third kappa shape index (κ3) is 6.40. The summed E-state index contributed by atoms with van der Waals surface area (Å²) in [6.45, 7) is 2.77. The zero-order chi connectivity index (χ0) is 25.5. The number of nitrogens with zero attached hydrogens (tertiary/aromatic N) is 2. The van der Waals surface area contributed by atoms with Crippen LogP contribution in [0.3, 0.4) is 0 Å². The third-order valence-corrected chi connectivity index (χ3v) is 6.67. The van der Waals surface area contributed by atoms with E-state index in [2.05, 4.69) is 15.6 Å². The van der Waals surface area contributed by atoms with E-state index in [1.165, 1.54) is 0 Å². The number of amides is 3. The minimum absolute atomic E-state index is 0.0494. The Morgan fingerprint density at radius 1 is 1.14 bits per heavy atom. The van der Waals surface area contributed by atoms with Crippen LogP contribution in [0.1, 0.15) is 54.9 Å². The molecular weight excluding hydrogens is 460 g/mol. The van der Waals surface area contributed by atoms with E-state index in [9.17, 15) is 14.4 Å². The quantitative estimate of drug-likeness (QED) is 0.584. The second kappa shape index (κ2) is 12.0. The Morgan fingerprint density at radius 3 is 2.72 bits per heavy atom. The van der Waals surface area contributed by atoms with Gasteiger partial charge in [0.15, 0.2) is 0 Å². The second-order valence-electron chi connectivity index (χ2n) is 9.34. The number of nitrogens with one attached hydrogen (secondary N) is 2. The number of likely N-dealkylation sites (N-methyl/N-ethyl adjacent to an activating group) is 1. The van der Waals surface area contributed by atoms with Crippen molar-refractivity contribution in [3.63, 3.8) is 0 Å². The van der Waals surface area contributed by atoms with Crippen LogP contribution < -0.4 is 15.4 Å². The first-order valence-electron chi connectivity index (χ1n) is 12.6.